The molecule has 1 saturated heterocycles. The molecule has 1 aromatic heterocycles. The molecular weight excluding hydrogens is 304 g/mol. The highest BCUT2D eigenvalue weighted by Gasteiger charge is 2.36. The predicted octanol–water partition coefficient (Wildman–Crippen LogP) is 1.14. The van der Waals surface area contributed by atoms with Crippen LogP contribution in [0.15, 0.2) is 36.7 Å². The van der Waals surface area contributed by atoms with Crippen LogP contribution in [-0.2, 0) is 18.3 Å². The molecule has 1 fully saturated rings. The van der Waals surface area contributed by atoms with Gasteiger partial charge in [-0.05, 0) is 18.1 Å². The molecule has 3 heterocycles. The molecule has 0 saturated carbocycles. The number of nitrogens with one attached hydrogen (secondary N) is 1. The number of carbonyl (C=O) groups excluding carboxylic acids is 1. The Morgan fingerprint density at radius 2 is 2.25 bits per heavy atom. The van der Waals surface area contributed by atoms with E-state index in [1.165, 1.54) is 0 Å². The van der Waals surface area contributed by atoms with Crippen molar-refractivity contribution in [2.45, 2.75) is 12.5 Å². The van der Waals surface area contributed by atoms with E-state index < -0.39 is 0 Å². The molecule has 2 aliphatic rings. The minimum Gasteiger partial charge on any atom is -0.492 e. The lowest BCUT2D eigenvalue weighted by molar-refractivity contribution is -0.140. The molecule has 2 aromatic rings. The highest BCUT2D eigenvalue weighted by Crippen LogP contribution is 2.30. The number of rotatable bonds is 2. The number of carbonyl (C=O) groups is 1. The zero-order valence-corrected chi connectivity index (χ0v) is 13.8. The van der Waals surface area contributed by atoms with Crippen molar-refractivity contribution in [1.29, 1.82) is 0 Å². The summed E-state index contributed by atoms with van der Waals surface area (Å²) in [4.78, 5) is 19.6. The van der Waals surface area contributed by atoms with Gasteiger partial charge in [0.2, 0.25) is 5.91 Å². The molecule has 126 valence electrons. The van der Waals surface area contributed by atoms with Crippen molar-refractivity contribution in [3.05, 3.63) is 48.0 Å². The number of imidazole rings is 1. The largest absolute Gasteiger partial charge is 0.492 e. The van der Waals surface area contributed by atoms with E-state index in [0.29, 0.717) is 13.2 Å². The Hall–Kier alpha value is -2.34. The average Bonchev–Trinajstić information content (AvgIpc) is 3.06. The maximum Gasteiger partial charge on any atom is 0.230 e. The van der Waals surface area contributed by atoms with Gasteiger partial charge in [0.1, 0.15) is 24.2 Å². The van der Waals surface area contributed by atoms with Crippen molar-refractivity contribution in [1.82, 2.24) is 19.8 Å². The van der Waals surface area contributed by atoms with Crippen LogP contribution in [0.25, 0.3) is 0 Å². The smallest absolute Gasteiger partial charge is 0.230 e. The van der Waals surface area contributed by atoms with Crippen LogP contribution in [0.1, 0.15) is 17.4 Å². The van der Waals surface area contributed by atoms with E-state index in [9.17, 15) is 4.79 Å². The molecule has 0 bridgehead atoms. The highest BCUT2D eigenvalue weighted by molar-refractivity contribution is 5.80. The third-order valence-corrected chi connectivity index (χ3v) is 4.91. The number of aromatic nitrogens is 2. The summed E-state index contributed by atoms with van der Waals surface area (Å²) in [6.07, 6.45) is 4.45. The van der Waals surface area contributed by atoms with E-state index in [4.69, 9.17) is 4.74 Å². The lowest BCUT2D eigenvalue weighted by Gasteiger charge is -2.38. The fourth-order valence-corrected chi connectivity index (χ4v) is 3.62. The molecule has 2 unspecified atom stereocenters. The van der Waals surface area contributed by atoms with Crippen molar-refractivity contribution >= 4 is 5.91 Å². The van der Waals surface area contributed by atoms with Gasteiger partial charge in [0.25, 0.3) is 0 Å². The second-order valence-electron chi connectivity index (χ2n) is 6.47. The van der Waals surface area contributed by atoms with Crippen molar-refractivity contribution in [3.63, 3.8) is 0 Å². The molecule has 1 aromatic carbocycles. The van der Waals surface area contributed by atoms with Gasteiger partial charge >= 0.3 is 0 Å². The van der Waals surface area contributed by atoms with E-state index in [0.717, 1.165) is 36.6 Å². The van der Waals surface area contributed by atoms with Gasteiger partial charge in [-0.2, -0.15) is 0 Å². The monoisotopic (exact) mass is 326 g/mol. The van der Waals surface area contributed by atoms with Gasteiger partial charge in [-0.25, -0.2) is 4.98 Å². The molecule has 2 aliphatic heterocycles. The third-order valence-electron chi connectivity index (χ3n) is 4.91. The number of piperazine rings is 1. The van der Waals surface area contributed by atoms with E-state index >= 15 is 0 Å². The quantitative estimate of drug-likeness (QED) is 0.899. The third kappa shape index (κ3) is 2.67. The van der Waals surface area contributed by atoms with Crippen LogP contribution >= 0.6 is 0 Å². The Balaban J connectivity index is 1.55. The molecule has 6 heteroatoms. The number of hydrogen-bond donors (Lipinski definition) is 1. The van der Waals surface area contributed by atoms with Crippen LogP contribution in [-0.4, -0.2) is 46.6 Å². The number of nitrogens with zero attached hydrogens (tertiary/aromatic N) is 3. The van der Waals surface area contributed by atoms with Crippen molar-refractivity contribution < 1.29 is 9.53 Å². The summed E-state index contributed by atoms with van der Waals surface area (Å²) in [7, 11) is 1.97. The van der Waals surface area contributed by atoms with E-state index in [-0.39, 0.29) is 17.9 Å². The summed E-state index contributed by atoms with van der Waals surface area (Å²) >= 11 is 0. The molecular formula is C18H22N4O2. The van der Waals surface area contributed by atoms with Crippen LogP contribution in [0.5, 0.6) is 5.75 Å². The summed E-state index contributed by atoms with van der Waals surface area (Å²) in [5, 5.41) is 3.38. The number of hydrogen-bond acceptors (Lipinski definition) is 4. The minimum absolute atomic E-state index is 0.0246. The highest BCUT2D eigenvalue weighted by atomic mass is 16.5. The van der Waals surface area contributed by atoms with E-state index in [1.807, 2.05) is 47.0 Å². The maximum atomic E-state index is 13.2. The molecule has 2 atom stereocenters. The van der Waals surface area contributed by atoms with Crippen LogP contribution in [0.2, 0.25) is 0 Å². The second kappa shape index (κ2) is 6.28. The fourth-order valence-electron chi connectivity index (χ4n) is 3.62. The average molecular weight is 326 g/mol. The molecule has 0 aliphatic carbocycles. The minimum atomic E-state index is -0.124. The first-order chi connectivity index (χ1) is 11.7. The standard InChI is InChI=1S/C18H22N4O2/c1-21-8-7-20-17(21)15-11-19-6-9-22(15)18(23)14-10-13-4-2-3-5-16(13)24-12-14/h2-5,7-8,14-15,19H,6,9-12H2,1H3. The zero-order valence-electron chi connectivity index (χ0n) is 13.8. The number of benzene rings is 1. The lowest BCUT2D eigenvalue weighted by atomic mass is 9.94. The normalized spacial score (nSPS) is 23.5. The summed E-state index contributed by atoms with van der Waals surface area (Å²) in [5.41, 5.74) is 1.12. The number of ether oxygens (including phenoxy) is 1. The van der Waals surface area contributed by atoms with Gasteiger partial charge in [0.05, 0.1) is 5.92 Å². The summed E-state index contributed by atoms with van der Waals surface area (Å²) in [6, 6.07) is 7.95. The summed E-state index contributed by atoms with van der Waals surface area (Å²) in [6.45, 7) is 2.71. The van der Waals surface area contributed by atoms with Crippen LogP contribution in [0, 0.1) is 5.92 Å². The van der Waals surface area contributed by atoms with Crippen molar-refractivity contribution in [2.24, 2.45) is 13.0 Å². The maximum absolute atomic E-state index is 13.2. The van der Waals surface area contributed by atoms with Gasteiger partial charge in [-0.1, -0.05) is 18.2 Å². The first-order valence-electron chi connectivity index (χ1n) is 8.43. The molecule has 24 heavy (non-hydrogen) atoms. The SMILES string of the molecule is Cn1ccnc1C1CNCCN1C(=O)C1COc2ccccc2C1. The molecule has 0 spiro atoms. The van der Waals surface area contributed by atoms with Crippen molar-refractivity contribution in [3.8, 4) is 5.75 Å². The first-order valence-corrected chi connectivity index (χ1v) is 8.43. The van der Waals surface area contributed by atoms with E-state index in [2.05, 4.69) is 10.3 Å². The van der Waals surface area contributed by atoms with Crippen LogP contribution < -0.4 is 10.1 Å². The van der Waals surface area contributed by atoms with E-state index in [1.54, 1.807) is 6.20 Å². The van der Waals surface area contributed by atoms with Gasteiger partial charge < -0.3 is 19.5 Å². The Bertz CT molecular complexity index is 742. The number of aryl methyl sites for hydroxylation is 1. The second-order valence-corrected chi connectivity index (χ2v) is 6.47. The first kappa shape index (κ1) is 15.2. The van der Waals surface area contributed by atoms with Gasteiger partial charge in [0, 0.05) is 39.1 Å². The number of fused-ring (bicyclic) bond motifs is 1. The van der Waals surface area contributed by atoms with Gasteiger partial charge in [0.15, 0.2) is 0 Å². The Kier molecular flexibility index (Phi) is 3.98. The molecule has 0 radical (unpaired) electrons. The van der Waals surface area contributed by atoms with Crippen LogP contribution in [0.4, 0.5) is 0 Å². The molecule has 4 rings (SSSR count). The Labute approximate surface area is 141 Å². The van der Waals surface area contributed by atoms with Gasteiger partial charge in [-0.15, -0.1) is 0 Å². The van der Waals surface area contributed by atoms with Gasteiger partial charge in [-0.3, -0.25) is 4.79 Å². The zero-order chi connectivity index (χ0) is 16.5. The summed E-state index contributed by atoms with van der Waals surface area (Å²) in [5.74, 6) is 1.87. The molecule has 1 amide bonds. The number of amides is 1. The molecule has 6 nitrogen and oxygen atoms in total. The summed E-state index contributed by atoms with van der Waals surface area (Å²) < 4.78 is 7.80. The molecule has 1 N–H and O–H groups in total. The predicted molar refractivity (Wildman–Crippen MR) is 89.7 cm³/mol. The fraction of sp³-hybridized carbons (Fsp3) is 0.444. The lowest BCUT2D eigenvalue weighted by Crippen LogP contribution is -2.52. The number of para-hydroxylation sites is 1. The Morgan fingerprint density at radius 3 is 3.08 bits per heavy atom. The van der Waals surface area contributed by atoms with Crippen LogP contribution in [0.3, 0.4) is 0 Å². The topological polar surface area (TPSA) is 59.4 Å². The van der Waals surface area contributed by atoms with Crippen molar-refractivity contribution in [2.75, 3.05) is 26.2 Å². The Morgan fingerprint density at radius 1 is 1.38 bits per heavy atom.